The predicted molar refractivity (Wildman–Crippen MR) is 107 cm³/mol. The fourth-order valence-electron chi connectivity index (χ4n) is 2.88. The molecule has 0 saturated carbocycles. The van der Waals surface area contributed by atoms with Crippen LogP contribution in [0, 0.1) is 15.9 Å². The molecule has 0 spiro atoms. The minimum absolute atomic E-state index is 0.00546. The van der Waals surface area contributed by atoms with Crippen LogP contribution in [0.1, 0.15) is 17.3 Å². The Morgan fingerprint density at radius 3 is 2.47 bits per heavy atom. The summed E-state index contributed by atoms with van der Waals surface area (Å²) in [6.07, 6.45) is -1.21. The third-order valence-corrected chi connectivity index (χ3v) is 4.39. The SMILES string of the molecule is COc1ccc(C(=O)O[C@@H](C)C(=O)Nc2ccc(F)c([N+](=O)[O-])c2)c2ccccc12. The van der Waals surface area contributed by atoms with Crippen molar-refractivity contribution in [3.05, 3.63) is 76.1 Å². The lowest BCUT2D eigenvalue weighted by Crippen LogP contribution is -2.30. The van der Waals surface area contributed by atoms with Gasteiger partial charge in [0.25, 0.3) is 5.91 Å². The number of fused-ring (bicyclic) bond motifs is 1. The van der Waals surface area contributed by atoms with Crippen molar-refractivity contribution in [1.29, 1.82) is 0 Å². The molecule has 0 heterocycles. The molecule has 0 bridgehead atoms. The van der Waals surface area contributed by atoms with Gasteiger partial charge >= 0.3 is 11.7 Å². The summed E-state index contributed by atoms with van der Waals surface area (Å²) in [5, 5.41) is 14.5. The maximum absolute atomic E-state index is 13.4. The molecule has 0 radical (unpaired) electrons. The number of nitrogens with one attached hydrogen (secondary N) is 1. The summed E-state index contributed by atoms with van der Waals surface area (Å²) >= 11 is 0. The molecule has 154 valence electrons. The topological polar surface area (TPSA) is 108 Å². The molecule has 0 fully saturated rings. The molecule has 30 heavy (non-hydrogen) atoms. The number of nitrogens with zero attached hydrogens (tertiary/aromatic N) is 1. The van der Waals surface area contributed by atoms with Crippen molar-refractivity contribution in [1.82, 2.24) is 0 Å². The number of carbonyl (C=O) groups is 2. The van der Waals surface area contributed by atoms with Crippen molar-refractivity contribution in [2.75, 3.05) is 12.4 Å². The van der Waals surface area contributed by atoms with Crippen LogP contribution < -0.4 is 10.1 Å². The van der Waals surface area contributed by atoms with Gasteiger partial charge in [-0.15, -0.1) is 0 Å². The molecule has 3 rings (SSSR count). The third-order valence-electron chi connectivity index (χ3n) is 4.39. The number of nitro benzene ring substituents is 1. The van der Waals surface area contributed by atoms with E-state index in [0.29, 0.717) is 16.5 Å². The van der Waals surface area contributed by atoms with E-state index in [1.165, 1.54) is 26.2 Å². The summed E-state index contributed by atoms with van der Waals surface area (Å²) in [5.41, 5.74) is -0.517. The van der Waals surface area contributed by atoms with Crippen molar-refractivity contribution < 1.29 is 28.4 Å². The number of rotatable bonds is 6. The number of esters is 1. The van der Waals surface area contributed by atoms with E-state index in [2.05, 4.69) is 5.32 Å². The average Bonchev–Trinajstić information content (AvgIpc) is 2.73. The summed E-state index contributed by atoms with van der Waals surface area (Å²) in [6, 6.07) is 13.2. The second-order valence-electron chi connectivity index (χ2n) is 6.32. The van der Waals surface area contributed by atoms with E-state index in [1.54, 1.807) is 30.3 Å². The average molecular weight is 412 g/mol. The van der Waals surface area contributed by atoms with Crippen LogP contribution in [0.4, 0.5) is 15.8 Å². The minimum Gasteiger partial charge on any atom is -0.496 e. The summed E-state index contributed by atoms with van der Waals surface area (Å²) in [4.78, 5) is 34.9. The lowest BCUT2D eigenvalue weighted by Gasteiger charge is -2.15. The number of nitro groups is 1. The second kappa shape index (κ2) is 8.56. The Morgan fingerprint density at radius 1 is 1.10 bits per heavy atom. The number of hydrogen-bond donors (Lipinski definition) is 1. The highest BCUT2D eigenvalue weighted by atomic mass is 19.1. The molecule has 1 atom stereocenters. The van der Waals surface area contributed by atoms with Crippen LogP contribution in [0.2, 0.25) is 0 Å². The van der Waals surface area contributed by atoms with Crippen LogP contribution >= 0.6 is 0 Å². The summed E-state index contributed by atoms with van der Waals surface area (Å²) in [6.45, 7) is 1.36. The van der Waals surface area contributed by atoms with Gasteiger partial charge in [-0.05, 0) is 36.6 Å². The van der Waals surface area contributed by atoms with Gasteiger partial charge in [0.15, 0.2) is 6.10 Å². The van der Waals surface area contributed by atoms with E-state index in [1.807, 2.05) is 0 Å². The van der Waals surface area contributed by atoms with E-state index in [4.69, 9.17) is 9.47 Å². The molecule has 8 nitrogen and oxygen atoms in total. The van der Waals surface area contributed by atoms with E-state index in [-0.39, 0.29) is 11.3 Å². The Bertz CT molecular complexity index is 1150. The summed E-state index contributed by atoms with van der Waals surface area (Å²) in [7, 11) is 1.52. The lowest BCUT2D eigenvalue weighted by atomic mass is 10.0. The largest absolute Gasteiger partial charge is 0.496 e. The molecule has 0 aliphatic rings. The maximum atomic E-state index is 13.4. The Hall–Kier alpha value is -4.01. The zero-order valence-corrected chi connectivity index (χ0v) is 16.0. The molecule has 1 N–H and O–H groups in total. The number of halogens is 1. The van der Waals surface area contributed by atoms with E-state index >= 15 is 0 Å². The number of amides is 1. The van der Waals surface area contributed by atoms with E-state index in [0.717, 1.165) is 12.1 Å². The van der Waals surface area contributed by atoms with Crippen LogP contribution in [0.25, 0.3) is 10.8 Å². The minimum atomic E-state index is -1.21. The summed E-state index contributed by atoms with van der Waals surface area (Å²) in [5.74, 6) is -1.88. The van der Waals surface area contributed by atoms with Gasteiger partial charge in [-0.3, -0.25) is 14.9 Å². The van der Waals surface area contributed by atoms with Gasteiger partial charge in [0, 0.05) is 17.1 Å². The Morgan fingerprint density at radius 2 is 1.80 bits per heavy atom. The number of benzene rings is 3. The van der Waals surface area contributed by atoms with Gasteiger partial charge in [0.2, 0.25) is 5.82 Å². The molecular weight excluding hydrogens is 395 g/mol. The van der Waals surface area contributed by atoms with Gasteiger partial charge in [-0.2, -0.15) is 4.39 Å². The first kappa shape index (κ1) is 20.7. The van der Waals surface area contributed by atoms with Crippen molar-refractivity contribution in [3.8, 4) is 5.75 Å². The number of hydrogen-bond acceptors (Lipinski definition) is 6. The smallest absolute Gasteiger partial charge is 0.339 e. The molecule has 0 aliphatic heterocycles. The first-order valence-corrected chi connectivity index (χ1v) is 8.83. The first-order valence-electron chi connectivity index (χ1n) is 8.83. The highest BCUT2D eigenvalue weighted by Crippen LogP contribution is 2.29. The van der Waals surface area contributed by atoms with Crippen LogP contribution in [0.15, 0.2) is 54.6 Å². The quantitative estimate of drug-likeness (QED) is 0.371. The fraction of sp³-hybridized carbons (Fsp3) is 0.143. The van der Waals surface area contributed by atoms with Crippen LogP contribution in [0.5, 0.6) is 5.75 Å². The fourth-order valence-corrected chi connectivity index (χ4v) is 2.88. The van der Waals surface area contributed by atoms with Gasteiger partial charge < -0.3 is 14.8 Å². The molecule has 9 heteroatoms. The Labute approximate surface area is 170 Å². The normalized spacial score (nSPS) is 11.6. The molecule has 3 aromatic rings. The third kappa shape index (κ3) is 4.19. The molecule has 0 saturated heterocycles. The number of carbonyl (C=O) groups excluding carboxylic acids is 2. The van der Waals surface area contributed by atoms with E-state index in [9.17, 15) is 24.1 Å². The van der Waals surface area contributed by atoms with Gasteiger partial charge in [-0.1, -0.05) is 24.3 Å². The Balaban J connectivity index is 1.76. The zero-order chi connectivity index (χ0) is 21.8. The van der Waals surface area contributed by atoms with Gasteiger partial charge in [-0.25, -0.2) is 4.79 Å². The van der Waals surface area contributed by atoms with Crippen molar-refractivity contribution >= 4 is 34.0 Å². The highest BCUT2D eigenvalue weighted by Gasteiger charge is 2.22. The molecule has 1 amide bonds. The summed E-state index contributed by atoms with van der Waals surface area (Å²) < 4.78 is 24.0. The van der Waals surface area contributed by atoms with Gasteiger partial charge in [0.1, 0.15) is 5.75 Å². The highest BCUT2D eigenvalue weighted by molar-refractivity contribution is 6.07. The molecule has 0 unspecified atom stereocenters. The van der Waals surface area contributed by atoms with Crippen LogP contribution in [0.3, 0.4) is 0 Å². The number of ether oxygens (including phenoxy) is 2. The number of anilines is 1. The zero-order valence-electron chi connectivity index (χ0n) is 16.0. The first-order chi connectivity index (χ1) is 14.3. The number of methoxy groups -OCH3 is 1. The standard InChI is InChI=1S/C21H17FN2O6/c1-12(20(25)23-13-7-9-17(22)18(11-13)24(27)28)30-21(26)16-8-10-19(29-2)15-6-4-3-5-14(15)16/h3-12H,1-2H3,(H,23,25)/t12-/m0/s1. The van der Waals surface area contributed by atoms with Gasteiger partial charge in [0.05, 0.1) is 17.6 Å². The molecular formula is C21H17FN2O6. The monoisotopic (exact) mass is 412 g/mol. The van der Waals surface area contributed by atoms with Crippen molar-refractivity contribution in [2.45, 2.75) is 13.0 Å². The lowest BCUT2D eigenvalue weighted by molar-refractivity contribution is -0.387. The Kier molecular flexibility index (Phi) is 5.91. The molecule has 0 aromatic heterocycles. The molecule has 3 aromatic carbocycles. The van der Waals surface area contributed by atoms with Crippen LogP contribution in [-0.4, -0.2) is 30.0 Å². The van der Waals surface area contributed by atoms with Crippen molar-refractivity contribution in [2.24, 2.45) is 0 Å². The van der Waals surface area contributed by atoms with E-state index < -0.39 is 34.4 Å². The van der Waals surface area contributed by atoms with Crippen molar-refractivity contribution in [3.63, 3.8) is 0 Å². The maximum Gasteiger partial charge on any atom is 0.339 e. The predicted octanol–water partition coefficient (Wildman–Crippen LogP) is 4.08. The second-order valence-corrected chi connectivity index (χ2v) is 6.32. The molecule has 0 aliphatic carbocycles. The van der Waals surface area contributed by atoms with Crippen LogP contribution in [-0.2, 0) is 9.53 Å².